The summed E-state index contributed by atoms with van der Waals surface area (Å²) in [7, 11) is 1.75. The predicted octanol–water partition coefficient (Wildman–Crippen LogP) is 7.11. The summed E-state index contributed by atoms with van der Waals surface area (Å²) in [6, 6.07) is 35.8. The molecule has 188 valence electrons. The number of piperidine rings is 1. The molecule has 1 spiro atoms. The summed E-state index contributed by atoms with van der Waals surface area (Å²) in [5.74, 6) is 2.61. The van der Waals surface area contributed by atoms with Crippen molar-refractivity contribution in [3.63, 3.8) is 0 Å². The molecule has 7 rings (SSSR count). The monoisotopic (exact) mass is 490 g/mol. The third-order valence-electron chi connectivity index (χ3n) is 8.92. The number of para-hydroxylation sites is 1. The number of anilines is 1. The van der Waals surface area contributed by atoms with Gasteiger partial charge in [-0.15, -0.1) is 0 Å². The van der Waals surface area contributed by atoms with Gasteiger partial charge in [-0.05, 0) is 60.2 Å². The van der Waals surface area contributed by atoms with Crippen LogP contribution in [0.25, 0.3) is 0 Å². The highest BCUT2D eigenvalue weighted by atomic mass is 16.5. The maximum Gasteiger partial charge on any atom is 0.130 e. The molecule has 0 radical (unpaired) electrons. The van der Waals surface area contributed by atoms with E-state index in [2.05, 4.69) is 107 Å². The van der Waals surface area contributed by atoms with E-state index in [0.29, 0.717) is 18.6 Å². The van der Waals surface area contributed by atoms with E-state index < -0.39 is 0 Å². The first-order chi connectivity index (χ1) is 18.3. The summed E-state index contributed by atoms with van der Waals surface area (Å²) in [4.78, 5) is 5.37. The molecule has 2 fully saturated rings. The van der Waals surface area contributed by atoms with Gasteiger partial charge in [0.15, 0.2) is 0 Å². The van der Waals surface area contributed by atoms with Gasteiger partial charge in [-0.3, -0.25) is 4.90 Å². The van der Waals surface area contributed by atoms with E-state index in [9.17, 15) is 0 Å². The first kappa shape index (κ1) is 22.8. The van der Waals surface area contributed by atoms with E-state index in [1.54, 1.807) is 7.11 Å². The van der Waals surface area contributed by atoms with Crippen LogP contribution in [0.4, 0.5) is 5.69 Å². The van der Waals surface area contributed by atoms with E-state index >= 15 is 0 Å². The molecular formula is C33H34N2O2. The first-order valence-electron chi connectivity index (χ1n) is 13.5. The van der Waals surface area contributed by atoms with E-state index in [4.69, 9.17) is 9.15 Å². The van der Waals surface area contributed by atoms with Crippen LogP contribution in [0.3, 0.4) is 0 Å². The van der Waals surface area contributed by atoms with Gasteiger partial charge >= 0.3 is 0 Å². The Labute approximate surface area is 219 Å². The van der Waals surface area contributed by atoms with Crippen LogP contribution in [0.1, 0.15) is 59.1 Å². The van der Waals surface area contributed by atoms with Crippen molar-refractivity contribution >= 4 is 5.69 Å². The third-order valence-corrected chi connectivity index (χ3v) is 8.92. The third kappa shape index (κ3) is 3.74. The standard InChI is InChI=1S/C33H34N2O2/c1-36-22-27-19-28-29-17-18-34(21-24-11-5-2-6-12-24)23-33(29)20-30(25-13-7-3-8-14-25)35(32(33)31(28)37-27)26-15-9-4-10-16-26/h2-16,19,29-30,32H,17-18,20-23H2,1H3/t29-,30+,32-,33-/m0/s1. The van der Waals surface area contributed by atoms with Crippen LogP contribution >= 0.6 is 0 Å². The normalized spacial score (nSPS) is 26.6. The van der Waals surface area contributed by atoms with Crippen LogP contribution in [0.2, 0.25) is 0 Å². The second-order valence-corrected chi connectivity index (χ2v) is 11.0. The van der Waals surface area contributed by atoms with E-state index in [1.807, 2.05) is 0 Å². The Bertz CT molecular complexity index is 1350. The maximum absolute atomic E-state index is 6.67. The molecule has 1 aliphatic carbocycles. The van der Waals surface area contributed by atoms with Gasteiger partial charge in [0.2, 0.25) is 0 Å². The van der Waals surface area contributed by atoms with Crippen LogP contribution in [-0.2, 0) is 17.9 Å². The molecule has 1 aromatic heterocycles. The molecule has 0 amide bonds. The molecule has 3 aromatic carbocycles. The zero-order chi connectivity index (χ0) is 24.8. The number of methoxy groups -OCH3 is 1. The Morgan fingerprint density at radius 1 is 0.919 bits per heavy atom. The van der Waals surface area contributed by atoms with Crippen molar-refractivity contribution in [1.82, 2.24) is 4.90 Å². The van der Waals surface area contributed by atoms with Crippen molar-refractivity contribution in [2.45, 2.75) is 44.0 Å². The molecule has 4 atom stereocenters. The Kier molecular flexibility index (Phi) is 5.67. The van der Waals surface area contributed by atoms with Crippen molar-refractivity contribution in [2.24, 2.45) is 5.41 Å². The number of likely N-dealkylation sites (tertiary alicyclic amines) is 1. The molecule has 3 aliphatic rings. The number of rotatable bonds is 6. The fraction of sp³-hybridized carbons (Fsp3) is 0.333. The highest BCUT2D eigenvalue weighted by Crippen LogP contribution is 2.69. The van der Waals surface area contributed by atoms with E-state index in [0.717, 1.165) is 38.2 Å². The quantitative estimate of drug-likeness (QED) is 0.288. The van der Waals surface area contributed by atoms with Crippen molar-refractivity contribution in [1.29, 1.82) is 0 Å². The summed E-state index contributed by atoms with van der Waals surface area (Å²) in [5.41, 5.74) is 5.57. The van der Waals surface area contributed by atoms with Crippen LogP contribution in [0.15, 0.2) is 101 Å². The smallest absolute Gasteiger partial charge is 0.130 e. The lowest BCUT2D eigenvalue weighted by atomic mass is 9.68. The summed E-state index contributed by atoms with van der Waals surface area (Å²) in [6.07, 6.45) is 2.28. The van der Waals surface area contributed by atoms with Crippen molar-refractivity contribution < 1.29 is 9.15 Å². The summed E-state index contributed by atoms with van der Waals surface area (Å²) in [5, 5.41) is 0. The Hall–Kier alpha value is -3.34. The van der Waals surface area contributed by atoms with Gasteiger partial charge in [0.25, 0.3) is 0 Å². The van der Waals surface area contributed by atoms with Crippen LogP contribution in [0, 0.1) is 5.41 Å². The number of benzene rings is 3. The van der Waals surface area contributed by atoms with Gasteiger partial charge in [0, 0.05) is 31.3 Å². The molecule has 37 heavy (non-hydrogen) atoms. The van der Waals surface area contributed by atoms with Crippen LogP contribution in [-0.4, -0.2) is 25.1 Å². The van der Waals surface area contributed by atoms with Gasteiger partial charge in [-0.1, -0.05) is 78.9 Å². The summed E-state index contributed by atoms with van der Waals surface area (Å²) < 4.78 is 12.2. The molecule has 0 N–H and O–H groups in total. The predicted molar refractivity (Wildman–Crippen MR) is 146 cm³/mol. The summed E-state index contributed by atoms with van der Waals surface area (Å²) in [6.45, 7) is 3.71. The fourth-order valence-corrected chi connectivity index (χ4v) is 7.60. The number of ether oxygens (including phenoxy) is 1. The van der Waals surface area contributed by atoms with E-state index in [1.165, 1.54) is 28.1 Å². The average Bonchev–Trinajstić information content (AvgIpc) is 3.56. The van der Waals surface area contributed by atoms with Crippen LogP contribution in [0.5, 0.6) is 0 Å². The molecular weight excluding hydrogens is 456 g/mol. The number of hydrogen-bond donors (Lipinski definition) is 0. The van der Waals surface area contributed by atoms with Gasteiger partial charge < -0.3 is 14.1 Å². The number of fused-ring (bicyclic) bond motifs is 3. The zero-order valence-corrected chi connectivity index (χ0v) is 21.4. The minimum atomic E-state index is 0.100. The number of hydrogen-bond acceptors (Lipinski definition) is 4. The van der Waals surface area contributed by atoms with Gasteiger partial charge in [0.1, 0.15) is 18.1 Å². The second kappa shape index (κ2) is 9.20. The van der Waals surface area contributed by atoms with E-state index in [-0.39, 0.29) is 11.5 Å². The maximum atomic E-state index is 6.67. The molecule has 3 heterocycles. The molecule has 0 bridgehead atoms. The summed E-state index contributed by atoms with van der Waals surface area (Å²) >= 11 is 0. The molecule has 4 heteroatoms. The molecule has 4 aromatic rings. The van der Waals surface area contributed by atoms with Gasteiger partial charge in [0.05, 0.1) is 12.1 Å². The number of furan rings is 1. The fourth-order valence-electron chi connectivity index (χ4n) is 7.60. The highest BCUT2D eigenvalue weighted by molar-refractivity contribution is 5.58. The zero-order valence-electron chi connectivity index (χ0n) is 21.4. The Balaban J connectivity index is 1.35. The largest absolute Gasteiger partial charge is 0.461 e. The van der Waals surface area contributed by atoms with Crippen molar-refractivity contribution in [3.05, 3.63) is 125 Å². The Morgan fingerprint density at radius 3 is 2.35 bits per heavy atom. The molecule has 0 saturated carbocycles. The minimum Gasteiger partial charge on any atom is -0.461 e. The Morgan fingerprint density at radius 2 is 1.62 bits per heavy atom. The highest BCUT2D eigenvalue weighted by Gasteiger charge is 2.65. The SMILES string of the molecule is COCc1cc2c(o1)[C@@H]1N(c3ccccc3)[C@@H](c3ccccc3)C[C@@]13CN(Cc1ccccc1)CC[C@@H]23. The first-order valence-corrected chi connectivity index (χ1v) is 13.5. The average molecular weight is 491 g/mol. The lowest BCUT2D eigenvalue weighted by Crippen LogP contribution is -2.47. The lowest BCUT2D eigenvalue weighted by Gasteiger charge is -2.45. The second-order valence-electron chi connectivity index (χ2n) is 11.0. The molecule has 0 unspecified atom stereocenters. The van der Waals surface area contributed by atoms with Gasteiger partial charge in [-0.2, -0.15) is 0 Å². The minimum absolute atomic E-state index is 0.100. The molecule has 2 aliphatic heterocycles. The van der Waals surface area contributed by atoms with Crippen molar-refractivity contribution in [2.75, 3.05) is 25.1 Å². The molecule has 2 saturated heterocycles. The molecule has 4 nitrogen and oxygen atoms in total. The number of nitrogens with zero attached hydrogens (tertiary/aromatic N) is 2. The topological polar surface area (TPSA) is 28.9 Å². The lowest BCUT2D eigenvalue weighted by molar-refractivity contribution is 0.0578. The van der Waals surface area contributed by atoms with Gasteiger partial charge in [-0.25, -0.2) is 0 Å². The van der Waals surface area contributed by atoms with Crippen LogP contribution < -0.4 is 4.90 Å². The van der Waals surface area contributed by atoms with Crippen molar-refractivity contribution in [3.8, 4) is 0 Å².